The molecule has 1 aliphatic heterocycles. The number of rotatable bonds is 5. The van der Waals surface area contributed by atoms with Crippen molar-refractivity contribution in [1.82, 2.24) is 9.78 Å². The third-order valence-electron chi connectivity index (χ3n) is 5.19. The van der Waals surface area contributed by atoms with Crippen molar-refractivity contribution in [3.8, 4) is 11.3 Å². The largest absolute Gasteiger partial charge is 0.372 e. The van der Waals surface area contributed by atoms with E-state index >= 15 is 0 Å². The van der Waals surface area contributed by atoms with Gasteiger partial charge in [0.1, 0.15) is 6.54 Å². The van der Waals surface area contributed by atoms with Gasteiger partial charge in [-0.05, 0) is 49.6 Å². The molecule has 1 fully saturated rings. The Morgan fingerprint density at radius 2 is 1.70 bits per heavy atom. The number of benzene rings is 2. The molecule has 1 amide bonds. The Morgan fingerprint density at radius 1 is 0.967 bits per heavy atom. The van der Waals surface area contributed by atoms with Gasteiger partial charge in [-0.1, -0.05) is 35.9 Å². The molecule has 2 heterocycles. The van der Waals surface area contributed by atoms with E-state index in [0.717, 1.165) is 18.7 Å². The number of anilines is 2. The number of nitrogens with one attached hydrogen (secondary N) is 1. The number of amides is 1. The van der Waals surface area contributed by atoms with Gasteiger partial charge >= 0.3 is 0 Å². The maximum Gasteiger partial charge on any atom is 0.267 e. The maximum atomic E-state index is 12.4. The highest BCUT2D eigenvalue weighted by molar-refractivity contribution is 6.33. The number of hydrogen-bond acceptors (Lipinski definition) is 4. The molecule has 0 saturated carbocycles. The van der Waals surface area contributed by atoms with Crippen molar-refractivity contribution in [2.75, 3.05) is 23.3 Å². The fraction of sp³-hybridized carbons (Fsp3) is 0.261. The fourth-order valence-corrected chi connectivity index (χ4v) is 3.78. The number of halogens is 1. The minimum Gasteiger partial charge on any atom is -0.372 e. The van der Waals surface area contributed by atoms with E-state index in [-0.39, 0.29) is 18.0 Å². The van der Waals surface area contributed by atoms with Crippen LogP contribution in [0.25, 0.3) is 11.3 Å². The van der Waals surface area contributed by atoms with Gasteiger partial charge in [0.05, 0.1) is 16.4 Å². The van der Waals surface area contributed by atoms with Crippen molar-refractivity contribution < 1.29 is 4.79 Å². The predicted molar refractivity (Wildman–Crippen MR) is 120 cm³/mol. The molecule has 1 aliphatic rings. The molecule has 1 N–H and O–H groups in total. The summed E-state index contributed by atoms with van der Waals surface area (Å²) in [5.74, 6) is -0.365. The highest BCUT2D eigenvalue weighted by Gasteiger charge is 2.12. The summed E-state index contributed by atoms with van der Waals surface area (Å²) in [6.45, 7) is 1.98. The highest BCUT2D eigenvalue weighted by atomic mass is 35.5. The van der Waals surface area contributed by atoms with E-state index in [4.69, 9.17) is 11.6 Å². The molecule has 0 atom stereocenters. The van der Waals surface area contributed by atoms with E-state index < -0.39 is 0 Å². The van der Waals surface area contributed by atoms with Gasteiger partial charge in [-0.2, -0.15) is 5.10 Å². The number of aromatic nitrogens is 2. The summed E-state index contributed by atoms with van der Waals surface area (Å²) in [7, 11) is 0. The number of carbonyl (C=O) groups is 1. The molecule has 1 aromatic heterocycles. The second kappa shape index (κ2) is 9.13. The van der Waals surface area contributed by atoms with E-state index in [1.807, 2.05) is 12.1 Å². The smallest absolute Gasteiger partial charge is 0.267 e. The lowest BCUT2D eigenvalue weighted by atomic mass is 10.1. The average Bonchev–Trinajstić information content (AvgIpc) is 2.78. The summed E-state index contributed by atoms with van der Waals surface area (Å²) >= 11 is 6.07. The first-order chi connectivity index (χ1) is 14.6. The van der Waals surface area contributed by atoms with Crippen LogP contribution in [-0.4, -0.2) is 28.8 Å². The molecule has 4 rings (SSSR count). The SMILES string of the molecule is O=C(Cn1nc(-c2ccc(N3CCCCC3)cc2)ccc1=O)Nc1ccccc1Cl. The second-order valence-electron chi connectivity index (χ2n) is 7.34. The molecule has 3 aromatic rings. The normalized spacial score (nSPS) is 13.8. The van der Waals surface area contributed by atoms with E-state index in [1.54, 1.807) is 30.3 Å². The first-order valence-electron chi connectivity index (χ1n) is 10.1. The quantitative estimate of drug-likeness (QED) is 0.669. The van der Waals surface area contributed by atoms with Crippen LogP contribution in [0.2, 0.25) is 5.02 Å². The molecule has 0 bridgehead atoms. The molecule has 2 aromatic carbocycles. The molecule has 30 heavy (non-hydrogen) atoms. The number of nitrogens with zero attached hydrogens (tertiary/aromatic N) is 3. The lowest BCUT2D eigenvalue weighted by Crippen LogP contribution is -2.29. The Morgan fingerprint density at radius 3 is 2.43 bits per heavy atom. The van der Waals surface area contributed by atoms with Crippen LogP contribution < -0.4 is 15.8 Å². The van der Waals surface area contributed by atoms with Crippen molar-refractivity contribution in [2.45, 2.75) is 25.8 Å². The van der Waals surface area contributed by atoms with Crippen LogP contribution in [-0.2, 0) is 11.3 Å². The summed E-state index contributed by atoms with van der Waals surface area (Å²) < 4.78 is 1.17. The number of hydrogen-bond donors (Lipinski definition) is 1. The fourth-order valence-electron chi connectivity index (χ4n) is 3.60. The molecule has 7 heteroatoms. The summed E-state index contributed by atoms with van der Waals surface area (Å²) in [5, 5.41) is 7.54. The van der Waals surface area contributed by atoms with Gasteiger partial charge in [-0.15, -0.1) is 0 Å². The van der Waals surface area contributed by atoms with Crippen molar-refractivity contribution >= 4 is 28.9 Å². The second-order valence-corrected chi connectivity index (χ2v) is 7.74. The Bertz CT molecular complexity index is 1090. The summed E-state index contributed by atoms with van der Waals surface area (Å²) in [5.41, 5.74) is 2.91. The van der Waals surface area contributed by atoms with Crippen LogP contribution in [0.15, 0.2) is 65.5 Å². The van der Waals surface area contributed by atoms with Crippen LogP contribution in [0.3, 0.4) is 0 Å². The molecule has 1 saturated heterocycles. The first-order valence-corrected chi connectivity index (χ1v) is 10.5. The molecule has 0 aliphatic carbocycles. The molecule has 0 spiro atoms. The van der Waals surface area contributed by atoms with E-state index in [1.165, 1.54) is 35.7 Å². The van der Waals surface area contributed by atoms with Crippen LogP contribution in [0, 0.1) is 0 Å². The van der Waals surface area contributed by atoms with Gasteiger partial charge < -0.3 is 10.2 Å². The maximum absolute atomic E-state index is 12.4. The number of para-hydroxylation sites is 1. The van der Waals surface area contributed by atoms with E-state index in [0.29, 0.717) is 16.4 Å². The third-order valence-corrected chi connectivity index (χ3v) is 5.52. The minimum atomic E-state index is -0.365. The topological polar surface area (TPSA) is 67.2 Å². The number of piperidine rings is 1. The van der Waals surface area contributed by atoms with Gasteiger partial charge in [-0.25, -0.2) is 4.68 Å². The Balaban J connectivity index is 1.49. The van der Waals surface area contributed by atoms with Gasteiger partial charge in [0.15, 0.2) is 0 Å². The van der Waals surface area contributed by atoms with Gasteiger partial charge in [0.2, 0.25) is 5.91 Å². The van der Waals surface area contributed by atoms with Gasteiger partial charge in [-0.3, -0.25) is 9.59 Å². The van der Waals surface area contributed by atoms with Crippen molar-refractivity contribution in [3.05, 3.63) is 76.0 Å². The standard InChI is InChI=1S/C23H23ClN4O2/c24-19-6-2-3-7-21(19)25-22(29)16-28-23(30)13-12-20(26-28)17-8-10-18(11-9-17)27-14-4-1-5-15-27/h2-3,6-13H,1,4-5,14-16H2,(H,25,29). The molecular formula is C23H23ClN4O2. The summed E-state index contributed by atoms with van der Waals surface area (Å²) in [4.78, 5) is 27.0. The lowest BCUT2D eigenvalue weighted by molar-refractivity contribution is -0.117. The lowest BCUT2D eigenvalue weighted by Gasteiger charge is -2.28. The van der Waals surface area contributed by atoms with Crippen LogP contribution in [0.1, 0.15) is 19.3 Å². The monoisotopic (exact) mass is 422 g/mol. The zero-order valence-corrected chi connectivity index (χ0v) is 17.3. The number of carbonyl (C=O) groups excluding carboxylic acids is 1. The molecule has 154 valence electrons. The van der Waals surface area contributed by atoms with Crippen LogP contribution in [0.4, 0.5) is 11.4 Å². The van der Waals surface area contributed by atoms with Gasteiger partial charge in [0.25, 0.3) is 5.56 Å². The summed E-state index contributed by atoms with van der Waals surface area (Å²) in [6.07, 6.45) is 3.75. The minimum absolute atomic E-state index is 0.191. The zero-order chi connectivity index (χ0) is 20.9. The predicted octanol–water partition coefficient (Wildman–Crippen LogP) is 4.19. The van der Waals surface area contributed by atoms with Crippen LogP contribution in [0.5, 0.6) is 0 Å². The molecule has 0 unspecified atom stereocenters. The molecule has 6 nitrogen and oxygen atoms in total. The average molecular weight is 423 g/mol. The molecular weight excluding hydrogens is 400 g/mol. The van der Waals surface area contributed by atoms with Crippen molar-refractivity contribution in [2.24, 2.45) is 0 Å². The zero-order valence-electron chi connectivity index (χ0n) is 16.6. The van der Waals surface area contributed by atoms with Crippen LogP contribution >= 0.6 is 11.6 Å². The Labute approximate surface area is 180 Å². The molecule has 0 radical (unpaired) electrons. The van der Waals surface area contributed by atoms with Crippen molar-refractivity contribution in [1.29, 1.82) is 0 Å². The summed E-state index contributed by atoms with van der Waals surface area (Å²) in [6, 6.07) is 18.3. The Hall–Kier alpha value is -3.12. The van der Waals surface area contributed by atoms with E-state index in [2.05, 4.69) is 27.4 Å². The first kappa shape index (κ1) is 20.2. The highest BCUT2D eigenvalue weighted by Crippen LogP contribution is 2.24. The van der Waals surface area contributed by atoms with Crippen molar-refractivity contribution in [3.63, 3.8) is 0 Å². The van der Waals surface area contributed by atoms with E-state index in [9.17, 15) is 9.59 Å². The van der Waals surface area contributed by atoms with Gasteiger partial charge in [0, 0.05) is 30.4 Å². The third kappa shape index (κ3) is 4.71. The Kier molecular flexibility index (Phi) is 6.14.